The van der Waals surface area contributed by atoms with Crippen molar-refractivity contribution in [3.05, 3.63) is 18.0 Å². The predicted molar refractivity (Wildman–Crippen MR) is 80.3 cm³/mol. The molecular formula is C16H29N3. The average Bonchev–Trinajstić information content (AvgIpc) is 2.82. The molecule has 2 rings (SSSR count). The van der Waals surface area contributed by atoms with E-state index in [1.54, 1.807) is 0 Å². The van der Waals surface area contributed by atoms with Gasteiger partial charge in [-0.3, -0.25) is 4.68 Å². The summed E-state index contributed by atoms with van der Waals surface area (Å²) in [7, 11) is 0. The van der Waals surface area contributed by atoms with Crippen molar-refractivity contribution in [2.75, 3.05) is 19.6 Å². The molecule has 1 aliphatic heterocycles. The molecule has 0 saturated carbocycles. The summed E-state index contributed by atoms with van der Waals surface area (Å²) >= 11 is 0. The zero-order valence-electron chi connectivity index (χ0n) is 12.6. The van der Waals surface area contributed by atoms with E-state index < -0.39 is 0 Å². The summed E-state index contributed by atoms with van der Waals surface area (Å²) < 4.78 is 2.12. The second-order valence-corrected chi connectivity index (χ2v) is 6.09. The maximum atomic E-state index is 4.40. The van der Waals surface area contributed by atoms with E-state index in [-0.39, 0.29) is 0 Å². The van der Waals surface area contributed by atoms with Gasteiger partial charge in [0.25, 0.3) is 0 Å². The van der Waals surface area contributed by atoms with Crippen molar-refractivity contribution < 1.29 is 0 Å². The number of nitrogens with zero attached hydrogens (tertiary/aromatic N) is 3. The maximum absolute atomic E-state index is 4.40. The first-order chi connectivity index (χ1) is 9.28. The monoisotopic (exact) mass is 263 g/mol. The Morgan fingerprint density at radius 3 is 2.63 bits per heavy atom. The first-order valence-electron chi connectivity index (χ1n) is 7.99. The summed E-state index contributed by atoms with van der Waals surface area (Å²) in [6, 6.07) is 0. The number of rotatable bonds is 7. The van der Waals surface area contributed by atoms with Crippen LogP contribution in [0.3, 0.4) is 0 Å². The molecule has 0 aliphatic carbocycles. The Bertz CT molecular complexity index is 351. The number of aromatic nitrogens is 2. The van der Waals surface area contributed by atoms with Crippen molar-refractivity contribution in [1.82, 2.24) is 14.7 Å². The van der Waals surface area contributed by atoms with Crippen LogP contribution in [0.25, 0.3) is 0 Å². The largest absolute Gasteiger partial charge is 0.303 e. The van der Waals surface area contributed by atoms with Gasteiger partial charge in [-0.25, -0.2) is 0 Å². The van der Waals surface area contributed by atoms with Crippen LogP contribution in [0.5, 0.6) is 0 Å². The van der Waals surface area contributed by atoms with Gasteiger partial charge < -0.3 is 4.90 Å². The summed E-state index contributed by atoms with van der Waals surface area (Å²) in [5.41, 5.74) is 1.27. The lowest BCUT2D eigenvalue weighted by atomic mass is 9.96. The van der Waals surface area contributed by atoms with E-state index in [1.807, 2.05) is 6.20 Å². The predicted octanol–water partition coefficient (Wildman–Crippen LogP) is 3.48. The highest BCUT2D eigenvalue weighted by molar-refractivity contribution is 4.99. The van der Waals surface area contributed by atoms with Crippen LogP contribution >= 0.6 is 0 Å². The number of likely N-dealkylation sites (tertiary alicyclic amines) is 1. The van der Waals surface area contributed by atoms with Gasteiger partial charge in [-0.15, -0.1) is 0 Å². The van der Waals surface area contributed by atoms with Crippen molar-refractivity contribution in [3.8, 4) is 0 Å². The first-order valence-corrected chi connectivity index (χ1v) is 7.99. The summed E-state index contributed by atoms with van der Waals surface area (Å²) in [5.74, 6) is 0.825. The Kier molecular flexibility index (Phi) is 5.90. The highest BCUT2D eigenvalue weighted by Gasteiger charge is 2.19. The van der Waals surface area contributed by atoms with Gasteiger partial charge in [0.2, 0.25) is 0 Å². The molecule has 0 amide bonds. The van der Waals surface area contributed by atoms with Crippen LogP contribution in [-0.2, 0) is 6.54 Å². The Morgan fingerprint density at radius 1 is 1.21 bits per heavy atom. The molecule has 1 aromatic heterocycles. The number of hydrogen-bond donors (Lipinski definition) is 0. The second-order valence-electron chi connectivity index (χ2n) is 6.09. The number of piperidine rings is 1. The van der Waals surface area contributed by atoms with E-state index in [2.05, 4.69) is 34.7 Å². The van der Waals surface area contributed by atoms with Gasteiger partial charge in [-0.2, -0.15) is 5.10 Å². The van der Waals surface area contributed by atoms with Crippen molar-refractivity contribution in [3.63, 3.8) is 0 Å². The third-order valence-electron chi connectivity index (χ3n) is 4.24. The highest BCUT2D eigenvalue weighted by atomic mass is 15.3. The smallest absolute Gasteiger partial charge is 0.0518 e. The van der Waals surface area contributed by atoms with Crippen molar-refractivity contribution >= 4 is 0 Å². The Balaban J connectivity index is 1.62. The summed E-state index contributed by atoms with van der Waals surface area (Å²) in [4.78, 5) is 2.65. The van der Waals surface area contributed by atoms with E-state index >= 15 is 0 Å². The highest BCUT2D eigenvalue weighted by Crippen LogP contribution is 2.19. The number of aryl methyl sites for hydroxylation is 1. The Hall–Kier alpha value is -0.830. The van der Waals surface area contributed by atoms with E-state index in [0.717, 1.165) is 12.5 Å². The van der Waals surface area contributed by atoms with Crippen molar-refractivity contribution in [1.29, 1.82) is 0 Å². The standard InChI is InChI=1S/C16H29N3/c1-3-4-5-6-9-18-10-7-16(8-11-18)14-19-13-15(2)12-17-19/h12-13,16H,3-11,14H2,1-2H3. The number of unbranched alkanes of at least 4 members (excludes halogenated alkanes) is 3. The molecule has 108 valence electrons. The van der Waals surface area contributed by atoms with Gasteiger partial charge in [-0.05, 0) is 57.3 Å². The fourth-order valence-electron chi connectivity index (χ4n) is 2.99. The summed E-state index contributed by atoms with van der Waals surface area (Å²) in [6.07, 6.45) is 12.3. The molecule has 0 radical (unpaired) electrons. The SMILES string of the molecule is CCCCCCN1CCC(Cn2cc(C)cn2)CC1. The lowest BCUT2D eigenvalue weighted by Gasteiger charge is -2.31. The minimum absolute atomic E-state index is 0.825. The molecule has 0 N–H and O–H groups in total. The Morgan fingerprint density at radius 2 is 2.00 bits per heavy atom. The normalized spacial score (nSPS) is 18.0. The molecule has 3 nitrogen and oxygen atoms in total. The molecule has 2 heterocycles. The van der Waals surface area contributed by atoms with Gasteiger partial charge in [0.05, 0.1) is 6.20 Å². The molecular weight excluding hydrogens is 234 g/mol. The molecule has 0 aromatic carbocycles. The van der Waals surface area contributed by atoms with E-state index in [0.29, 0.717) is 0 Å². The van der Waals surface area contributed by atoms with E-state index in [4.69, 9.17) is 0 Å². The first kappa shape index (κ1) is 14.6. The lowest BCUT2D eigenvalue weighted by molar-refractivity contribution is 0.168. The molecule has 1 aliphatic rings. The molecule has 0 atom stereocenters. The maximum Gasteiger partial charge on any atom is 0.0518 e. The molecule has 3 heteroatoms. The molecule has 1 saturated heterocycles. The molecule has 0 unspecified atom stereocenters. The fourth-order valence-corrected chi connectivity index (χ4v) is 2.99. The zero-order valence-corrected chi connectivity index (χ0v) is 12.6. The van der Waals surface area contributed by atoms with Crippen LogP contribution in [0.4, 0.5) is 0 Å². The quantitative estimate of drug-likeness (QED) is 0.702. The van der Waals surface area contributed by atoms with Gasteiger partial charge in [0, 0.05) is 12.7 Å². The van der Waals surface area contributed by atoms with Gasteiger partial charge in [0.15, 0.2) is 0 Å². The third-order valence-corrected chi connectivity index (χ3v) is 4.24. The summed E-state index contributed by atoms with van der Waals surface area (Å²) in [6.45, 7) is 9.39. The van der Waals surface area contributed by atoms with Gasteiger partial charge in [-0.1, -0.05) is 26.2 Å². The Labute approximate surface area is 118 Å². The van der Waals surface area contributed by atoms with Crippen LogP contribution in [0.15, 0.2) is 12.4 Å². The second kappa shape index (κ2) is 7.68. The zero-order chi connectivity index (χ0) is 13.5. The summed E-state index contributed by atoms with van der Waals surface area (Å²) in [5, 5.41) is 4.40. The van der Waals surface area contributed by atoms with Crippen molar-refractivity contribution in [2.24, 2.45) is 5.92 Å². The van der Waals surface area contributed by atoms with Crippen LogP contribution in [0.2, 0.25) is 0 Å². The molecule has 0 spiro atoms. The van der Waals surface area contributed by atoms with Crippen molar-refractivity contribution in [2.45, 2.75) is 58.9 Å². The minimum atomic E-state index is 0.825. The minimum Gasteiger partial charge on any atom is -0.303 e. The van der Waals surface area contributed by atoms with Crippen LogP contribution in [-0.4, -0.2) is 34.3 Å². The van der Waals surface area contributed by atoms with Crippen LogP contribution in [0, 0.1) is 12.8 Å². The topological polar surface area (TPSA) is 21.1 Å². The lowest BCUT2D eigenvalue weighted by Crippen LogP contribution is -2.35. The van der Waals surface area contributed by atoms with E-state index in [9.17, 15) is 0 Å². The molecule has 1 aromatic rings. The van der Waals surface area contributed by atoms with Gasteiger partial charge in [0.1, 0.15) is 0 Å². The molecule has 0 bridgehead atoms. The molecule has 19 heavy (non-hydrogen) atoms. The van der Waals surface area contributed by atoms with Crippen LogP contribution in [0.1, 0.15) is 51.0 Å². The van der Waals surface area contributed by atoms with Gasteiger partial charge >= 0.3 is 0 Å². The fraction of sp³-hybridized carbons (Fsp3) is 0.812. The third kappa shape index (κ3) is 4.98. The van der Waals surface area contributed by atoms with E-state index in [1.165, 1.54) is 63.7 Å². The number of hydrogen-bond acceptors (Lipinski definition) is 2. The average molecular weight is 263 g/mol. The van der Waals surface area contributed by atoms with Crippen LogP contribution < -0.4 is 0 Å². The molecule has 1 fully saturated rings.